The lowest BCUT2D eigenvalue weighted by Crippen LogP contribution is -2.47. The summed E-state index contributed by atoms with van der Waals surface area (Å²) in [4.78, 5) is 24.9. The summed E-state index contributed by atoms with van der Waals surface area (Å²) < 4.78 is 58.1. The van der Waals surface area contributed by atoms with Crippen molar-refractivity contribution in [2.24, 2.45) is 0 Å². The summed E-state index contributed by atoms with van der Waals surface area (Å²) >= 11 is 0. The van der Waals surface area contributed by atoms with Crippen molar-refractivity contribution in [1.29, 1.82) is 0 Å². The normalized spacial score (nSPS) is 16.5. The number of rotatable bonds is 6. The van der Waals surface area contributed by atoms with Crippen molar-refractivity contribution < 1.29 is 31.5 Å². The van der Waals surface area contributed by atoms with Crippen LogP contribution in [-0.2, 0) is 19.4 Å². The first-order valence-corrected chi connectivity index (χ1v) is 11.0. The van der Waals surface area contributed by atoms with Gasteiger partial charge >= 0.3 is 12.0 Å². The first kappa shape index (κ1) is 22.4. The molecule has 0 radical (unpaired) electrons. The van der Waals surface area contributed by atoms with E-state index < -0.39 is 45.3 Å². The van der Waals surface area contributed by atoms with Crippen LogP contribution in [0, 0.1) is 18.6 Å². The van der Waals surface area contributed by atoms with Crippen molar-refractivity contribution in [2.45, 2.75) is 24.8 Å². The highest BCUT2D eigenvalue weighted by molar-refractivity contribution is 7.91. The maximum absolute atomic E-state index is 13.8. The Morgan fingerprint density at radius 1 is 1.10 bits per heavy atom. The van der Waals surface area contributed by atoms with Gasteiger partial charge < -0.3 is 15.4 Å². The molecule has 1 atom stereocenters. The molecule has 1 aliphatic heterocycles. The molecule has 0 bridgehead atoms. The summed E-state index contributed by atoms with van der Waals surface area (Å²) in [6, 6.07) is 6.94. The van der Waals surface area contributed by atoms with E-state index in [2.05, 4.69) is 10.6 Å². The summed E-state index contributed by atoms with van der Waals surface area (Å²) in [5.74, 6) is -3.87. The monoisotopic (exact) mass is 450 g/mol. The number of carbonyl (C=O) groups excluding carboxylic acids is 2. The van der Waals surface area contributed by atoms with Crippen LogP contribution in [0.15, 0.2) is 58.6 Å². The fourth-order valence-electron chi connectivity index (χ4n) is 3.14. The fourth-order valence-corrected chi connectivity index (χ4v) is 4.47. The predicted octanol–water partition coefficient (Wildman–Crippen LogP) is 2.92. The summed E-state index contributed by atoms with van der Waals surface area (Å²) in [6.07, 6.45) is 0. The number of urea groups is 1. The van der Waals surface area contributed by atoms with Crippen LogP contribution < -0.4 is 10.6 Å². The predicted molar refractivity (Wildman–Crippen MR) is 108 cm³/mol. The van der Waals surface area contributed by atoms with E-state index in [1.54, 1.807) is 26.0 Å². The lowest BCUT2D eigenvalue weighted by Gasteiger charge is -2.29. The van der Waals surface area contributed by atoms with Gasteiger partial charge in [-0.15, -0.1) is 0 Å². The molecule has 0 fully saturated rings. The number of sulfone groups is 1. The molecule has 0 spiro atoms. The van der Waals surface area contributed by atoms with Gasteiger partial charge in [-0.05, 0) is 43.7 Å². The van der Waals surface area contributed by atoms with Crippen LogP contribution in [0.2, 0.25) is 0 Å². The van der Waals surface area contributed by atoms with Crippen molar-refractivity contribution in [1.82, 2.24) is 10.6 Å². The van der Waals surface area contributed by atoms with Crippen LogP contribution in [0.25, 0.3) is 0 Å². The van der Waals surface area contributed by atoms with Gasteiger partial charge in [0.2, 0.25) is 0 Å². The molecule has 2 aromatic rings. The zero-order chi connectivity index (χ0) is 22.8. The van der Waals surface area contributed by atoms with Gasteiger partial charge in [0.25, 0.3) is 0 Å². The highest BCUT2D eigenvalue weighted by Gasteiger charge is 2.36. The van der Waals surface area contributed by atoms with Crippen molar-refractivity contribution in [3.63, 3.8) is 0 Å². The van der Waals surface area contributed by atoms with E-state index in [-0.39, 0.29) is 28.3 Å². The zero-order valence-corrected chi connectivity index (χ0v) is 17.6. The van der Waals surface area contributed by atoms with E-state index in [1.165, 1.54) is 18.2 Å². The SMILES string of the molecule is CCOC(=O)C1=C(CS(=O)(=O)c2ccc(C)cc2)NC(=O)N[C@@H]1c1ccc(F)c(F)c1. The number of amides is 2. The highest BCUT2D eigenvalue weighted by Crippen LogP contribution is 2.30. The van der Waals surface area contributed by atoms with E-state index >= 15 is 0 Å². The van der Waals surface area contributed by atoms with Crippen LogP contribution in [0.1, 0.15) is 24.1 Å². The molecule has 2 amide bonds. The number of esters is 1. The highest BCUT2D eigenvalue weighted by atomic mass is 32.2. The number of hydrogen-bond acceptors (Lipinski definition) is 5. The van der Waals surface area contributed by atoms with Crippen LogP contribution >= 0.6 is 0 Å². The summed E-state index contributed by atoms with van der Waals surface area (Å²) in [5.41, 5.74) is 0.515. The van der Waals surface area contributed by atoms with E-state index in [0.717, 1.165) is 17.7 Å². The number of benzene rings is 2. The molecule has 0 saturated heterocycles. The topological polar surface area (TPSA) is 102 Å². The molecule has 1 aliphatic rings. The minimum absolute atomic E-state index is 0.00553. The Bertz CT molecular complexity index is 1160. The third-order valence-corrected chi connectivity index (χ3v) is 6.30. The molecule has 2 aromatic carbocycles. The third-order valence-electron chi connectivity index (χ3n) is 4.64. The third kappa shape index (κ3) is 4.91. The minimum atomic E-state index is -3.94. The van der Waals surface area contributed by atoms with Gasteiger partial charge in [-0.25, -0.2) is 26.8 Å². The molecule has 0 aromatic heterocycles. The van der Waals surface area contributed by atoms with E-state index in [0.29, 0.717) is 0 Å². The smallest absolute Gasteiger partial charge is 0.338 e. The van der Waals surface area contributed by atoms with Crippen LogP contribution in [0.4, 0.5) is 13.6 Å². The lowest BCUT2D eigenvalue weighted by molar-refractivity contribution is -0.139. The number of nitrogens with one attached hydrogen (secondary N) is 2. The van der Waals surface area contributed by atoms with Gasteiger partial charge in [-0.2, -0.15) is 0 Å². The van der Waals surface area contributed by atoms with Crippen LogP contribution in [-0.4, -0.2) is 32.8 Å². The quantitative estimate of drug-likeness (QED) is 0.659. The second-order valence-corrected chi connectivity index (χ2v) is 8.88. The molecule has 1 heterocycles. The van der Waals surface area contributed by atoms with Crippen LogP contribution in [0.5, 0.6) is 0 Å². The summed E-state index contributed by atoms with van der Waals surface area (Å²) in [5, 5.41) is 4.79. The standard InChI is InChI=1S/C21H20F2N2O5S/c1-3-30-20(26)18-17(11-31(28,29)14-7-4-12(2)5-8-14)24-21(27)25-19(18)13-6-9-15(22)16(23)10-13/h4-10,19H,3,11H2,1-2H3,(H2,24,25,27)/t19-/m1/s1. The fraction of sp³-hybridized carbons (Fsp3) is 0.238. The minimum Gasteiger partial charge on any atom is -0.463 e. The molecule has 10 heteroatoms. The Morgan fingerprint density at radius 2 is 1.77 bits per heavy atom. The number of halogens is 2. The van der Waals surface area contributed by atoms with Crippen molar-refractivity contribution in [2.75, 3.05) is 12.4 Å². The first-order chi connectivity index (χ1) is 14.6. The van der Waals surface area contributed by atoms with Gasteiger partial charge in [0.15, 0.2) is 21.5 Å². The number of hydrogen-bond donors (Lipinski definition) is 2. The number of carbonyl (C=O) groups is 2. The number of aryl methyl sites for hydroxylation is 1. The molecule has 0 aliphatic carbocycles. The second kappa shape index (κ2) is 8.84. The Morgan fingerprint density at radius 3 is 2.39 bits per heavy atom. The molecular weight excluding hydrogens is 430 g/mol. The Balaban J connectivity index is 2.11. The Kier molecular flexibility index (Phi) is 6.40. The Hall–Kier alpha value is -3.27. The summed E-state index contributed by atoms with van der Waals surface area (Å²) in [7, 11) is -3.94. The molecule has 2 N–H and O–H groups in total. The molecule has 31 heavy (non-hydrogen) atoms. The summed E-state index contributed by atoms with van der Waals surface area (Å²) in [6.45, 7) is 3.35. The molecule has 7 nitrogen and oxygen atoms in total. The van der Waals surface area contributed by atoms with E-state index in [1.807, 2.05) is 0 Å². The van der Waals surface area contributed by atoms with Gasteiger partial charge in [0, 0.05) is 5.70 Å². The molecule has 0 unspecified atom stereocenters. The van der Waals surface area contributed by atoms with E-state index in [9.17, 15) is 26.8 Å². The zero-order valence-electron chi connectivity index (χ0n) is 16.7. The average Bonchev–Trinajstić information content (AvgIpc) is 2.69. The Labute approximate surface area is 178 Å². The van der Waals surface area contributed by atoms with Gasteiger partial charge in [0.1, 0.15) is 0 Å². The lowest BCUT2D eigenvalue weighted by atomic mass is 9.95. The molecule has 164 valence electrons. The molecular formula is C21H20F2N2O5S. The van der Waals surface area contributed by atoms with Gasteiger partial charge in [-0.1, -0.05) is 23.8 Å². The van der Waals surface area contributed by atoms with Crippen molar-refractivity contribution in [3.05, 3.63) is 76.5 Å². The van der Waals surface area contributed by atoms with Gasteiger partial charge in [-0.3, -0.25) is 0 Å². The van der Waals surface area contributed by atoms with Crippen molar-refractivity contribution in [3.8, 4) is 0 Å². The average molecular weight is 450 g/mol. The van der Waals surface area contributed by atoms with E-state index in [4.69, 9.17) is 4.74 Å². The number of ether oxygens (including phenoxy) is 1. The molecule has 0 saturated carbocycles. The first-order valence-electron chi connectivity index (χ1n) is 9.34. The largest absolute Gasteiger partial charge is 0.463 e. The van der Waals surface area contributed by atoms with Crippen LogP contribution in [0.3, 0.4) is 0 Å². The van der Waals surface area contributed by atoms with Crippen molar-refractivity contribution >= 4 is 21.8 Å². The second-order valence-electron chi connectivity index (χ2n) is 6.89. The maximum atomic E-state index is 13.8. The maximum Gasteiger partial charge on any atom is 0.338 e. The molecule has 3 rings (SSSR count). The van der Waals surface area contributed by atoms with Gasteiger partial charge in [0.05, 0.1) is 28.9 Å².